The van der Waals surface area contributed by atoms with Gasteiger partial charge in [-0.25, -0.2) is 13.2 Å². The van der Waals surface area contributed by atoms with Gasteiger partial charge in [0, 0.05) is 11.1 Å². The van der Waals surface area contributed by atoms with Crippen LogP contribution in [0.3, 0.4) is 0 Å². The van der Waals surface area contributed by atoms with Gasteiger partial charge in [-0.3, -0.25) is 4.79 Å². The lowest BCUT2D eigenvalue weighted by Gasteiger charge is -2.14. The number of ether oxygens (including phenoxy) is 1. The highest BCUT2D eigenvalue weighted by Crippen LogP contribution is 2.62. The Morgan fingerprint density at radius 1 is 1.13 bits per heavy atom. The van der Waals surface area contributed by atoms with E-state index >= 15 is 0 Å². The minimum Gasteiger partial charge on any atom is -0.464 e. The number of rotatable bonds is 4. The van der Waals surface area contributed by atoms with Gasteiger partial charge < -0.3 is 4.74 Å². The van der Waals surface area contributed by atoms with Gasteiger partial charge in [-0.15, -0.1) is 0 Å². The second-order valence-electron chi connectivity index (χ2n) is 7.13. The van der Waals surface area contributed by atoms with Gasteiger partial charge in [0.05, 0.1) is 17.1 Å². The van der Waals surface area contributed by atoms with E-state index in [9.17, 15) is 31.2 Å². The summed E-state index contributed by atoms with van der Waals surface area (Å²) in [6, 6.07) is 6.48. The predicted molar refractivity (Wildman–Crippen MR) is 98.1 cm³/mol. The molecule has 0 N–H and O–H groups in total. The minimum absolute atomic E-state index is 0.0309. The Morgan fingerprint density at radius 2 is 1.77 bits per heavy atom. The molecule has 2 aromatic rings. The van der Waals surface area contributed by atoms with E-state index in [1.807, 2.05) is 0 Å². The quantitative estimate of drug-likeness (QED) is 0.416. The first-order chi connectivity index (χ1) is 14.0. The number of sulfonamides is 1. The molecule has 2 aromatic carbocycles. The molecule has 158 valence electrons. The number of hydrogen-bond donors (Lipinski definition) is 0. The molecule has 0 bridgehead atoms. The number of alkyl halides is 3. The second-order valence-corrected chi connectivity index (χ2v) is 8.91. The van der Waals surface area contributed by atoms with Crippen molar-refractivity contribution in [2.24, 2.45) is 0 Å². The molecule has 2 aliphatic rings. The zero-order valence-corrected chi connectivity index (χ0v) is 16.7. The number of esters is 1. The average Bonchev–Trinajstić information content (AvgIpc) is 3.34. The number of nitrogens with zero attached hydrogens (tertiary/aromatic N) is 1. The summed E-state index contributed by atoms with van der Waals surface area (Å²) in [5, 5.41) is 0. The van der Waals surface area contributed by atoms with Crippen molar-refractivity contribution in [1.29, 1.82) is 0 Å². The van der Waals surface area contributed by atoms with Gasteiger partial charge in [0.1, 0.15) is 6.04 Å². The summed E-state index contributed by atoms with van der Waals surface area (Å²) in [6.07, 6.45) is -4.58. The molecule has 1 fully saturated rings. The van der Waals surface area contributed by atoms with Crippen molar-refractivity contribution in [2.45, 2.75) is 36.5 Å². The van der Waals surface area contributed by atoms with Gasteiger partial charge in [-0.2, -0.15) is 17.5 Å². The first-order valence-corrected chi connectivity index (χ1v) is 10.5. The molecule has 1 unspecified atom stereocenters. The summed E-state index contributed by atoms with van der Waals surface area (Å²) in [5.74, 6) is -1.66. The SMILES string of the molecule is CCOC(=O)[C@@]12c3cc(C)ccc3S(=O)(=O)N1[C@H]2C(=O)c1ccc(C(F)(F)F)cc1. The molecule has 0 spiro atoms. The molecular formula is C20H16F3NO5S. The number of benzene rings is 2. The van der Waals surface area contributed by atoms with Crippen LogP contribution in [0, 0.1) is 6.92 Å². The topological polar surface area (TPSA) is 80.5 Å². The summed E-state index contributed by atoms with van der Waals surface area (Å²) >= 11 is 0. The van der Waals surface area contributed by atoms with Crippen molar-refractivity contribution in [2.75, 3.05) is 6.61 Å². The molecule has 30 heavy (non-hydrogen) atoms. The number of fused-ring (bicyclic) bond motifs is 3. The van der Waals surface area contributed by atoms with E-state index in [4.69, 9.17) is 4.74 Å². The molecule has 6 nitrogen and oxygen atoms in total. The highest BCUT2D eigenvalue weighted by molar-refractivity contribution is 7.90. The molecule has 10 heteroatoms. The number of Topliss-reactive ketones (excluding diaryl/α,β-unsaturated/α-hetero) is 1. The smallest absolute Gasteiger partial charge is 0.416 e. The van der Waals surface area contributed by atoms with Crippen molar-refractivity contribution >= 4 is 21.8 Å². The maximum Gasteiger partial charge on any atom is 0.416 e. The van der Waals surface area contributed by atoms with Gasteiger partial charge in [-0.1, -0.05) is 29.8 Å². The van der Waals surface area contributed by atoms with Crippen LogP contribution in [-0.4, -0.2) is 37.1 Å². The van der Waals surface area contributed by atoms with Crippen LogP contribution in [0.15, 0.2) is 47.4 Å². The zero-order valence-electron chi connectivity index (χ0n) is 15.9. The van der Waals surface area contributed by atoms with Crippen molar-refractivity contribution in [1.82, 2.24) is 4.31 Å². The molecule has 0 saturated carbocycles. The monoisotopic (exact) mass is 439 g/mol. The lowest BCUT2D eigenvalue weighted by atomic mass is 9.90. The summed E-state index contributed by atoms with van der Waals surface area (Å²) in [6.45, 7) is 3.23. The van der Waals surface area contributed by atoms with E-state index < -0.39 is 45.1 Å². The molecular weight excluding hydrogens is 423 g/mol. The summed E-state index contributed by atoms with van der Waals surface area (Å²) < 4.78 is 70.3. The maximum atomic E-state index is 13.1. The summed E-state index contributed by atoms with van der Waals surface area (Å²) in [7, 11) is -4.15. The molecule has 0 amide bonds. The molecule has 1 saturated heterocycles. The standard InChI is InChI=1S/C20H16F3NO5S/c1-3-29-18(26)19-14-10-11(2)4-9-15(14)30(27,28)24(19)17(19)16(25)12-5-7-13(8-6-12)20(21,22)23/h4-10,17H,3H2,1-2H3/t17-,19-,24?/m0/s1. The molecule has 4 rings (SSSR count). The number of ketones is 1. The number of aryl methyl sites for hydroxylation is 1. The Balaban J connectivity index is 1.82. The first kappa shape index (κ1) is 20.5. The van der Waals surface area contributed by atoms with Crippen LogP contribution in [-0.2, 0) is 31.3 Å². The largest absolute Gasteiger partial charge is 0.464 e. The number of carbonyl (C=O) groups excluding carboxylic acids is 2. The Bertz CT molecular complexity index is 1170. The van der Waals surface area contributed by atoms with Crippen molar-refractivity contribution in [3.63, 3.8) is 0 Å². The van der Waals surface area contributed by atoms with E-state index in [-0.39, 0.29) is 22.6 Å². The van der Waals surface area contributed by atoms with Crippen LogP contribution in [0.1, 0.15) is 34.0 Å². The van der Waals surface area contributed by atoms with E-state index in [1.54, 1.807) is 19.9 Å². The van der Waals surface area contributed by atoms with Crippen LogP contribution < -0.4 is 0 Å². The minimum atomic E-state index is -4.58. The maximum absolute atomic E-state index is 13.1. The van der Waals surface area contributed by atoms with Gasteiger partial charge in [0.25, 0.3) is 0 Å². The zero-order chi connectivity index (χ0) is 22.1. The van der Waals surface area contributed by atoms with Gasteiger partial charge in [0.15, 0.2) is 11.3 Å². The predicted octanol–water partition coefficient (Wildman–Crippen LogP) is 3.04. The van der Waals surface area contributed by atoms with Crippen LogP contribution in [0.4, 0.5) is 13.2 Å². The highest BCUT2D eigenvalue weighted by Gasteiger charge is 2.82. The Morgan fingerprint density at radius 3 is 2.33 bits per heavy atom. The van der Waals surface area contributed by atoms with E-state index in [0.717, 1.165) is 28.6 Å². The van der Waals surface area contributed by atoms with Crippen LogP contribution in [0.25, 0.3) is 0 Å². The van der Waals surface area contributed by atoms with Crippen molar-refractivity contribution < 1.29 is 35.9 Å². The summed E-state index contributed by atoms with van der Waals surface area (Å²) in [5.41, 5.74) is -2.08. The van der Waals surface area contributed by atoms with E-state index in [0.29, 0.717) is 5.56 Å². The van der Waals surface area contributed by atoms with Gasteiger partial charge in [0.2, 0.25) is 10.0 Å². The van der Waals surface area contributed by atoms with Crippen LogP contribution in [0.2, 0.25) is 0 Å². The first-order valence-electron chi connectivity index (χ1n) is 9.01. The third-order valence-corrected chi connectivity index (χ3v) is 7.25. The number of hydrogen-bond acceptors (Lipinski definition) is 5. The highest BCUT2D eigenvalue weighted by atomic mass is 32.2. The van der Waals surface area contributed by atoms with Gasteiger partial charge >= 0.3 is 12.1 Å². The fourth-order valence-electron chi connectivity index (χ4n) is 3.97. The average molecular weight is 439 g/mol. The fourth-order valence-corrected chi connectivity index (χ4v) is 6.04. The van der Waals surface area contributed by atoms with Gasteiger partial charge in [-0.05, 0) is 32.0 Å². The molecule has 0 aliphatic carbocycles. The fraction of sp³-hybridized carbons (Fsp3) is 0.300. The Kier molecular flexibility index (Phi) is 4.37. The van der Waals surface area contributed by atoms with Crippen LogP contribution in [0.5, 0.6) is 0 Å². The second kappa shape index (κ2) is 6.39. The number of carbonyl (C=O) groups is 2. The van der Waals surface area contributed by atoms with Crippen molar-refractivity contribution in [3.8, 4) is 0 Å². The lowest BCUT2D eigenvalue weighted by Crippen LogP contribution is -2.30. The lowest BCUT2D eigenvalue weighted by molar-refractivity contribution is -0.147. The molecule has 0 aromatic heterocycles. The number of halogens is 3. The Hall–Kier alpha value is -2.72. The third kappa shape index (κ3) is 2.63. The van der Waals surface area contributed by atoms with E-state index in [1.165, 1.54) is 12.1 Å². The molecule has 2 aliphatic heterocycles. The molecule has 0 radical (unpaired) electrons. The normalized spacial score (nSPS) is 25.9. The van der Waals surface area contributed by atoms with E-state index in [2.05, 4.69) is 0 Å². The summed E-state index contributed by atoms with van der Waals surface area (Å²) in [4.78, 5) is 25.9. The van der Waals surface area contributed by atoms with Crippen LogP contribution >= 0.6 is 0 Å². The third-order valence-electron chi connectivity index (χ3n) is 5.32. The Labute approximate surface area is 170 Å². The molecule has 2 heterocycles. The van der Waals surface area contributed by atoms with Crippen molar-refractivity contribution in [3.05, 3.63) is 64.7 Å². The molecule has 3 atom stereocenters.